The van der Waals surface area contributed by atoms with Crippen LogP contribution in [0.2, 0.25) is 0 Å². The number of likely N-dealkylation sites (tertiary alicyclic amines) is 1. The second-order valence-corrected chi connectivity index (χ2v) is 16.7. The summed E-state index contributed by atoms with van der Waals surface area (Å²) in [6.45, 7) is 5.98. The Morgan fingerprint density at radius 3 is 2.53 bits per heavy atom. The number of rotatable bonds is 8. The minimum absolute atomic E-state index is 0.00629. The van der Waals surface area contributed by atoms with Gasteiger partial charge in [0.1, 0.15) is 17.5 Å². The van der Waals surface area contributed by atoms with Gasteiger partial charge in [-0.1, -0.05) is 31.0 Å². The third-order valence-electron chi connectivity index (χ3n) is 13.1. The molecule has 3 fully saturated rings. The molecule has 0 radical (unpaired) electrons. The number of aliphatic hydroxyl groups is 1. The molecule has 14 nitrogen and oxygen atoms in total. The highest BCUT2D eigenvalue weighted by molar-refractivity contribution is 6.05. The number of Topliss-reactive ketones (excluding diaryl/α,β-unsaturated/α-hetero) is 1. The van der Waals surface area contributed by atoms with Gasteiger partial charge in [0.2, 0.25) is 17.8 Å². The zero-order chi connectivity index (χ0) is 39.6. The number of ketones is 1. The smallest absolute Gasteiger partial charge is 0.263 e. The molecule has 14 heteroatoms. The molecule has 4 aromatic rings. The average Bonchev–Trinajstić information content (AvgIpc) is 3.84. The summed E-state index contributed by atoms with van der Waals surface area (Å²) in [5.41, 5.74) is 4.55. The standard InChI is InChI=1S/C43H48N8O6/c1-24-32-21-44-42(48-38(32)51(30-5-3-4-6-30)41(56)37(24)25(2)52)46-35-13-8-27-19-26(7-11-33(27)45-35)22-49-17-15-43(57,16-18-49)29-9-10-31-28(20-29)23-50(40(31)55)34-12-14-36(53)47-39(34)54/h8-10,13,20-21,26,30,34,57H,3-7,11-12,14-19,22-23H2,1-2H3,(H,47,53,54)(H,44,45,46,48)/t26-,34?/m1/s1. The molecule has 1 saturated carbocycles. The van der Waals surface area contributed by atoms with Crippen molar-refractivity contribution in [3.63, 3.8) is 0 Å². The van der Waals surface area contributed by atoms with E-state index in [9.17, 15) is 29.1 Å². The number of hydrogen-bond donors (Lipinski definition) is 3. The molecular weight excluding hydrogens is 725 g/mol. The lowest BCUT2D eigenvalue weighted by Gasteiger charge is -2.40. The van der Waals surface area contributed by atoms with Gasteiger partial charge >= 0.3 is 0 Å². The predicted octanol–water partition coefficient (Wildman–Crippen LogP) is 4.41. The molecule has 3 amide bonds. The lowest BCUT2D eigenvalue weighted by atomic mass is 9.82. The van der Waals surface area contributed by atoms with Crippen molar-refractivity contribution in [3.05, 3.63) is 86.0 Å². The molecule has 9 rings (SSSR count). The van der Waals surface area contributed by atoms with E-state index in [0.29, 0.717) is 59.1 Å². The normalized spacial score (nSPS) is 22.4. The Bertz CT molecular complexity index is 2400. The van der Waals surface area contributed by atoms with Gasteiger partial charge in [-0.25, -0.2) is 9.97 Å². The van der Waals surface area contributed by atoms with Crippen molar-refractivity contribution in [2.24, 2.45) is 5.92 Å². The summed E-state index contributed by atoms with van der Waals surface area (Å²) in [7, 11) is 0. The van der Waals surface area contributed by atoms with Crippen molar-refractivity contribution in [3.8, 4) is 0 Å². The zero-order valence-corrected chi connectivity index (χ0v) is 32.5. The second kappa shape index (κ2) is 14.6. The number of imide groups is 1. The number of nitrogens with zero attached hydrogens (tertiary/aromatic N) is 6. The van der Waals surface area contributed by atoms with Crippen molar-refractivity contribution in [2.75, 3.05) is 25.0 Å². The van der Waals surface area contributed by atoms with E-state index in [1.165, 1.54) is 12.5 Å². The van der Waals surface area contributed by atoms with E-state index in [4.69, 9.17) is 9.97 Å². The van der Waals surface area contributed by atoms with Crippen molar-refractivity contribution in [2.45, 2.75) is 109 Å². The molecule has 2 atom stereocenters. The highest BCUT2D eigenvalue weighted by Gasteiger charge is 2.41. The monoisotopic (exact) mass is 772 g/mol. The number of carbonyl (C=O) groups excluding carboxylic acids is 4. The molecule has 3 aromatic heterocycles. The Hall–Kier alpha value is -5.34. The van der Waals surface area contributed by atoms with Crippen LogP contribution in [0.25, 0.3) is 11.0 Å². The van der Waals surface area contributed by atoms with Gasteiger partial charge < -0.3 is 20.2 Å². The van der Waals surface area contributed by atoms with Crippen LogP contribution in [0.3, 0.4) is 0 Å². The van der Waals surface area contributed by atoms with Gasteiger partial charge in [0, 0.05) is 61.5 Å². The van der Waals surface area contributed by atoms with Gasteiger partial charge in [0.05, 0.1) is 11.2 Å². The summed E-state index contributed by atoms with van der Waals surface area (Å²) >= 11 is 0. The highest BCUT2D eigenvalue weighted by atomic mass is 16.3. The third kappa shape index (κ3) is 6.82. The number of piperidine rings is 2. The number of aromatic nitrogens is 4. The first-order valence-corrected chi connectivity index (χ1v) is 20.4. The molecule has 0 spiro atoms. The molecule has 296 valence electrons. The van der Waals surface area contributed by atoms with E-state index in [2.05, 4.69) is 26.6 Å². The predicted molar refractivity (Wildman–Crippen MR) is 211 cm³/mol. The van der Waals surface area contributed by atoms with Crippen LogP contribution in [0.5, 0.6) is 0 Å². The van der Waals surface area contributed by atoms with Crippen LogP contribution in [0.4, 0.5) is 11.8 Å². The molecule has 0 bridgehead atoms. The number of anilines is 2. The highest BCUT2D eigenvalue weighted by Crippen LogP contribution is 2.38. The van der Waals surface area contributed by atoms with Crippen molar-refractivity contribution >= 4 is 46.3 Å². The molecule has 1 aromatic carbocycles. The van der Waals surface area contributed by atoms with Gasteiger partial charge in [-0.05, 0) is 106 Å². The van der Waals surface area contributed by atoms with Gasteiger partial charge in [-0.2, -0.15) is 4.98 Å². The van der Waals surface area contributed by atoms with Gasteiger partial charge in [0.25, 0.3) is 11.5 Å². The van der Waals surface area contributed by atoms with Gasteiger partial charge in [-0.3, -0.25) is 33.9 Å². The molecule has 3 aliphatic heterocycles. The van der Waals surface area contributed by atoms with E-state index < -0.39 is 17.6 Å². The number of nitrogens with one attached hydrogen (secondary N) is 2. The lowest BCUT2D eigenvalue weighted by molar-refractivity contribution is -0.136. The van der Waals surface area contributed by atoms with Crippen LogP contribution in [-0.2, 0) is 34.6 Å². The van der Waals surface area contributed by atoms with Gasteiger partial charge in [-0.15, -0.1) is 0 Å². The fourth-order valence-corrected chi connectivity index (χ4v) is 9.96. The summed E-state index contributed by atoms with van der Waals surface area (Å²) in [4.78, 5) is 81.8. The Labute approximate surface area is 330 Å². The van der Waals surface area contributed by atoms with E-state index >= 15 is 0 Å². The first-order chi connectivity index (χ1) is 27.5. The molecule has 57 heavy (non-hydrogen) atoms. The Kier molecular flexibility index (Phi) is 9.51. The number of carbonyl (C=O) groups is 4. The summed E-state index contributed by atoms with van der Waals surface area (Å²) in [5.74, 6) is 0.275. The average molecular weight is 773 g/mol. The third-order valence-corrected chi connectivity index (χ3v) is 13.1. The molecule has 6 heterocycles. The van der Waals surface area contributed by atoms with Crippen molar-refractivity contribution in [1.29, 1.82) is 0 Å². The Morgan fingerprint density at radius 1 is 0.982 bits per heavy atom. The van der Waals surface area contributed by atoms with Crippen LogP contribution >= 0.6 is 0 Å². The van der Waals surface area contributed by atoms with Crippen LogP contribution < -0.4 is 16.2 Å². The number of aryl methyl sites for hydroxylation is 2. The Balaban J connectivity index is 0.828. The summed E-state index contributed by atoms with van der Waals surface area (Å²) in [6, 6.07) is 8.98. The lowest BCUT2D eigenvalue weighted by Crippen LogP contribution is -2.52. The van der Waals surface area contributed by atoms with Crippen molar-refractivity contribution < 1.29 is 24.3 Å². The van der Waals surface area contributed by atoms with Gasteiger partial charge in [0.15, 0.2) is 5.78 Å². The van der Waals surface area contributed by atoms with E-state index in [-0.39, 0.29) is 47.7 Å². The minimum Gasteiger partial charge on any atom is -0.385 e. The van der Waals surface area contributed by atoms with Crippen LogP contribution in [0.15, 0.2) is 41.3 Å². The summed E-state index contributed by atoms with van der Waals surface area (Å²) in [6.07, 6.45) is 10.0. The fraction of sp³-hybridized carbons (Fsp3) is 0.488. The number of benzene rings is 1. The SMILES string of the molecule is CC(=O)c1c(C)c2cnc(Nc3ccc4c(n3)CC[C@@H](CN3CCC(O)(c5ccc6c(c5)CN(C5CCC(=O)NC5=O)C6=O)CC3)C4)nc2n(C2CCCC2)c1=O. The van der Waals surface area contributed by atoms with E-state index in [0.717, 1.165) is 81.4 Å². The van der Waals surface area contributed by atoms with Crippen molar-refractivity contribution in [1.82, 2.24) is 34.6 Å². The first kappa shape index (κ1) is 37.2. The van der Waals surface area contributed by atoms with Crippen LogP contribution in [-0.4, -0.2) is 83.6 Å². The van der Waals surface area contributed by atoms with Crippen LogP contribution in [0.1, 0.15) is 119 Å². The molecule has 2 aliphatic carbocycles. The Morgan fingerprint density at radius 2 is 1.77 bits per heavy atom. The maximum absolute atomic E-state index is 13.6. The number of amides is 3. The van der Waals surface area contributed by atoms with E-state index in [1.54, 1.807) is 28.7 Å². The van der Waals surface area contributed by atoms with Crippen LogP contribution in [0, 0.1) is 12.8 Å². The quantitative estimate of drug-likeness (QED) is 0.171. The largest absolute Gasteiger partial charge is 0.385 e. The molecule has 2 saturated heterocycles. The molecule has 1 unspecified atom stereocenters. The molecule has 5 aliphatic rings. The molecule has 3 N–H and O–H groups in total. The fourth-order valence-electron chi connectivity index (χ4n) is 9.96. The maximum atomic E-state index is 13.6. The van der Waals surface area contributed by atoms with E-state index in [1.807, 2.05) is 18.2 Å². The second-order valence-electron chi connectivity index (χ2n) is 16.7. The summed E-state index contributed by atoms with van der Waals surface area (Å²) < 4.78 is 1.72. The first-order valence-electron chi connectivity index (χ1n) is 20.4. The summed E-state index contributed by atoms with van der Waals surface area (Å²) in [5, 5.41) is 18.1. The number of hydrogen-bond acceptors (Lipinski definition) is 11. The minimum atomic E-state index is -0.998. The maximum Gasteiger partial charge on any atom is 0.263 e. The zero-order valence-electron chi connectivity index (χ0n) is 32.5. The number of fused-ring (bicyclic) bond motifs is 3. The molecular formula is C43H48N8O6. The topological polar surface area (TPSA) is 180 Å². The number of pyridine rings is 2.